The predicted molar refractivity (Wildman–Crippen MR) is 97.1 cm³/mol. The summed E-state index contributed by atoms with van der Waals surface area (Å²) in [6.07, 6.45) is 0.916. The van der Waals surface area contributed by atoms with Crippen molar-refractivity contribution in [2.75, 3.05) is 19.0 Å². The van der Waals surface area contributed by atoms with Crippen LogP contribution in [0.25, 0.3) is 0 Å². The summed E-state index contributed by atoms with van der Waals surface area (Å²) in [7, 11) is 1.61. The smallest absolute Gasteiger partial charge is 0.170 e. The Kier molecular flexibility index (Phi) is 6.04. The quantitative estimate of drug-likeness (QED) is 0.803. The van der Waals surface area contributed by atoms with Crippen LogP contribution in [0.15, 0.2) is 42.5 Å². The maximum Gasteiger partial charge on any atom is 0.170 e. The molecule has 0 aromatic heterocycles. The van der Waals surface area contributed by atoms with Crippen molar-refractivity contribution in [3.63, 3.8) is 0 Å². The highest BCUT2D eigenvalue weighted by atomic mass is 35.5. The molecule has 0 atom stereocenters. The minimum atomic E-state index is 0.566. The number of thiocarbonyl (C=S) groups is 1. The molecule has 3 nitrogen and oxygen atoms in total. The Labute approximate surface area is 141 Å². The van der Waals surface area contributed by atoms with Crippen LogP contribution in [0.3, 0.4) is 0 Å². The van der Waals surface area contributed by atoms with Crippen LogP contribution in [-0.4, -0.2) is 18.8 Å². The van der Waals surface area contributed by atoms with Crippen LogP contribution in [0.4, 0.5) is 5.69 Å². The van der Waals surface area contributed by atoms with Crippen molar-refractivity contribution in [1.29, 1.82) is 0 Å². The summed E-state index contributed by atoms with van der Waals surface area (Å²) in [5, 5.41) is 7.59. The van der Waals surface area contributed by atoms with Gasteiger partial charge in [-0.05, 0) is 42.8 Å². The van der Waals surface area contributed by atoms with Crippen LogP contribution in [0, 0.1) is 6.92 Å². The Hall–Kier alpha value is -1.78. The molecule has 0 fully saturated rings. The minimum Gasteiger partial charge on any atom is -0.495 e. The van der Waals surface area contributed by atoms with Gasteiger partial charge >= 0.3 is 0 Å². The Balaban J connectivity index is 1.90. The molecule has 0 radical (unpaired) electrons. The van der Waals surface area contributed by atoms with Crippen LogP contribution >= 0.6 is 23.8 Å². The lowest BCUT2D eigenvalue weighted by Crippen LogP contribution is -2.30. The average Bonchev–Trinajstić information content (AvgIpc) is 2.51. The molecule has 0 heterocycles. The largest absolute Gasteiger partial charge is 0.495 e. The molecule has 0 amide bonds. The molecule has 2 aromatic rings. The molecule has 0 aliphatic rings. The van der Waals surface area contributed by atoms with E-state index in [0.29, 0.717) is 15.9 Å². The summed E-state index contributed by atoms with van der Waals surface area (Å²) in [5.41, 5.74) is 3.05. The van der Waals surface area contributed by atoms with Crippen molar-refractivity contribution in [3.8, 4) is 5.75 Å². The van der Waals surface area contributed by atoms with E-state index in [-0.39, 0.29) is 0 Å². The first kappa shape index (κ1) is 16.6. The number of hydrogen-bond donors (Lipinski definition) is 2. The van der Waals surface area contributed by atoms with Gasteiger partial charge in [0.25, 0.3) is 0 Å². The third-order valence-electron chi connectivity index (χ3n) is 3.27. The molecule has 0 saturated carbocycles. The van der Waals surface area contributed by atoms with Crippen LogP contribution in [0.5, 0.6) is 5.75 Å². The van der Waals surface area contributed by atoms with Gasteiger partial charge in [-0.25, -0.2) is 0 Å². The van der Waals surface area contributed by atoms with Gasteiger partial charge in [0.05, 0.1) is 12.8 Å². The number of methoxy groups -OCH3 is 1. The van der Waals surface area contributed by atoms with Crippen LogP contribution in [0.2, 0.25) is 5.02 Å². The second-order valence-electron chi connectivity index (χ2n) is 4.92. The normalized spacial score (nSPS) is 10.1. The first-order valence-electron chi connectivity index (χ1n) is 7.03. The average molecular weight is 335 g/mol. The number of halogens is 1. The number of aryl methyl sites for hydroxylation is 1. The fraction of sp³-hybridized carbons (Fsp3) is 0.235. The molecule has 0 aliphatic carbocycles. The predicted octanol–water partition coefficient (Wildman–Crippen LogP) is 4.19. The molecule has 0 aliphatic heterocycles. The summed E-state index contributed by atoms with van der Waals surface area (Å²) in [5.74, 6) is 0.669. The van der Waals surface area contributed by atoms with Crippen LogP contribution in [-0.2, 0) is 6.42 Å². The summed E-state index contributed by atoms with van der Waals surface area (Å²) in [6.45, 7) is 2.71. The highest BCUT2D eigenvalue weighted by Crippen LogP contribution is 2.30. The third kappa shape index (κ3) is 4.61. The van der Waals surface area contributed by atoms with Crippen molar-refractivity contribution in [2.24, 2.45) is 0 Å². The first-order valence-corrected chi connectivity index (χ1v) is 7.81. The minimum absolute atomic E-state index is 0.566. The van der Waals surface area contributed by atoms with Gasteiger partial charge in [0.15, 0.2) is 5.11 Å². The van der Waals surface area contributed by atoms with Gasteiger partial charge in [0, 0.05) is 17.6 Å². The summed E-state index contributed by atoms with van der Waals surface area (Å²) in [4.78, 5) is 0. The first-order chi connectivity index (χ1) is 10.6. The van der Waals surface area contributed by atoms with E-state index in [1.165, 1.54) is 5.56 Å². The number of rotatable bonds is 5. The number of ether oxygens (including phenoxy) is 1. The van der Waals surface area contributed by atoms with Gasteiger partial charge in [-0.1, -0.05) is 41.9 Å². The summed E-state index contributed by atoms with van der Waals surface area (Å²) in [6, 6.07) is 14.0. The Morgan fingerprint density at radius 3 is 2.64 bits per heavy atom. The summed E-state index contributed by atoms with van der Waals surface area (Å²) >= 11 is 11.4. The molecule has 0 unspecified atom stereocenters. The molecule has 0 spiro atoms. The highest BCUT2D eigenvalue weighted by Gasteiger charge is 2.08. The maximum atomic E-state index is 6.10. The molecular formula is C17H19ClN2OS. The lowest BCUT2D eigenvalue weighted by molar-refractivity contribution is 0.417. The fourth-order valence-electron chi connectivity index (χ4n) is 2.06. The van der Waals surface area contributed by atoms with E-state index in [9.17, 15) is 0 Å². The molecular weight excluding hydrogens is 316 g/mol. The molecule has 116 valence electrons. The van der Waals surface area contributed by atoms with E-state index in [0.717, 1.165) is 24.2 Å². The van der Waals surface area contributed by atoms with Gasteiger partial charge in [0.2, 0.25) is 0 Å². The van der Waals surface area contributed by atoms with Gasteiger partial charge in [-0.3, -0.25) is 0 Å². The third-order valence-corrected chi connectivity index (χ3v) is 3.92. The molecule has 5 heteroatoms. The standard InChI is InChI=1S/C17H19ClN2OS/c1-12-10-15(16(21-2)11-14(12)18)20-17(22)19-9-8-13-6-4-3-5-7-13/h3-7,10-11H,8-9H2,1-2H3,(H2,19,20,22). The fourth-order valence-corrected chi connectivity index (χ4v) is 2.43. The lowest BCUT2D eigenvalue weighted by Gasteiger charge is -2.15. The van der Waals surface area contributed by atoms with E-state index < -0.39 is 0 Å². The zero-order valence-corrected chi connectivity index (χ0v) is 14.2. The maximum absolute atomic E-state index is 6.10. The zero-order chi connectivity index (χ0) is 15.9. The van der Waals surface area contributed by atoms with Crippen molar-refractivity contribution in [2.45, 2.75) is 13.3 Å². The van der Waals surface area contributed by atoms with E-state index in [4.69, 9.17) is 28.6 Å². The van der Waals surface area contributed by atoms with Crippen molar-refractivity contribution in [3.05, 3.63) is 58.6 Å². The molecule has 22 heavy (non-hydrogen) atoms. The molecule has 2 aromatic carbocycles. The molecule has 0 saturated heterocycles. The second-order valence-corrected chi connectivity index (χ2v) is 5.73. The SMILES string of the molecule is COc1cc(Cl)c(C)cc1NC(=S)NCCc1ccccc1. The number of anilines is 1. The Morgan fingerprint density at radius 1 is 1.23 bits per heavy atom. The van der Waals surface area contributed by atoms with E-state index in [2.05, 4.69) is 22.8 Å². The zero-order valence-electron chi connectivity index (χ0n) is 12.7. The number of benzene rings is 2. The van der Waals surface area contributed by atoms with Crippen molar-refractivity contribution in [1.82, 2.24) is 5.32 Å². The van der Waals surface area contributed by atoms with E-state index >= 15 is 0 Å². The van der Waals surface area contributed by atoms with E-state index in [1.54, 1.807) is 13.2 Å². The van der Waals surface area contributed by atoms with Crippen molar-refractivity contribution >= 4 is 34.6 Å². The van der Waals surface area contributed by atoms with Crippen LogP contribution in [0.1, 0.15) is 11.1 Å². The molecule has 2 N–H and O–H groups in total. The van der Waals surface area contributed by atoms with Gasteiger partial charge in [-0.2, -0.15) is 0 Å². The van der Waals surface area contributed by atoms with Gasteiger partial charge in [-0.15, -0.1) is 0 Å². The number of hydrogen-bond acceptors (Lipinski definition) is 2. The van der Waals surface area contributed by atoms with Crippen molar-refractivity contribution < 1.29 is 4.74 Å². The molecule has 2 rings (SSSR count). The summed E-state index contributed by atoms with van der Waals surface area (Å²) < 4.78 is 5.32. The lowest BCUT2D eigenvalue weighted by atomic mass is 10.1. The van der Waals surface area contributed by atoms with E-state index in [1.807, 2.05) is 31.2 Å². The van der Waals surface area contributed by atoms with Gasteiger partial charge < -0.3 is 15.4 Å². The van der Waals surface area contributed by atoms with Crippen LogP contribution < -0.4 is 15.4 Å². The monoisotopic (exact) mass is 334 g/mol. The number of nitrogens with one attached hydrogen (secondary N) is 2. The Morgan fingerprint density at radius 2 is 1.95 bits per heavy atom. The molecule has 0 bridgehead atoms. The highest BCUT2D eigenvalue weighted by molar-refractivity contribution is 7.80. The topological polar surface area (TPSA) is 33.3 Å². The Bertz CT molecular complexity index is 647. The second kappa shape index (κ2) is 8.01. The van der Waals surface area contributed by atoms with Gasteiger partial charge in [0.1, 0.15) is 5.75 Å².